The lowest BCUT2D eigenvalue weighted by molar-refractivity contribution is -0.141. The first-order valence-electron chi connectivity index (χ1n) is 8.09. The van der Waals surface area contributed by atoms with Gasteiger partial charge in [-0.25, -0.2) is 9.97 Å². The molecule has 0 spiro atoms. The Labute approximate surface area is 143 Å². The van der Waals surface area contributed by atoms with E-state index in [1.54, 1.807) is 0 Å². The van der Waals surface area contributed by atoms with Crippen molar-refractivity contribution in [3.05, 3.63) is 58.7 Å². The van der Waals surface area contributed by atoms with Gasteiger partial charge in [0.2, 0.25) is 5.91 Å². The van der Waals surface area contributed by atoms with Crippen LogP contribution in [-0.4, -0.2) is 15.9 Å². The van der Waals surface area contributed by atoms with Crippen LogP contribution in [0.5, 0.6) is 0 Å². The SMILES string of the molecule is Cc1cc(C(F)(F)F)nc(CNC(=O)CC2CCc3ccccc32)n1. The molecule has 132 valence electrons. The third-order valence-electron chi connectivity index (χ3n) is 4.32. The number of nitrogens with one attached hydrogen (secondary N) is 1. The third-order valence-corrected chi connectivity index (χ3v) is 4.32. The maximum atomic E-state index is 12.8. The summed E-state index contributed by atoms with van der Waals surface area (Å²) in [5.41, 5.74) is 1.67. The second-order valence-electron chi connectivity index (χ2n) is 6.22. The van der Waals surface area contributed by atoms with Gasteiger partial charge in [0.1, 0.15) is 11.5 Å². The molecule has 1 amide bonds. The Morgan fingerprint density at radius 3 is 2.80 bits per heavy atom. The second-order valence-corrected chi connectivity index (χ2v) is 6.22. The largest absolute Gasteiger partial charge is 0.433 e. The van der Waals surface area contributed by atoms with Gasteiger partial charge in [0, 0.05) is 12.1 Å². The fourth-order valence-electron chi connectivity index (χ4n) is 3.19. The molecule has 1 aliphatic rings. The van der Waals surface area contributed by atoms with Gasteiger partial charge in [0.25, 0.3) is 0 Å². The maximum Gasteiger partial charge on any atom is 0.433 e. The van der Waals surface area contributed by atoms with Crippen LogP contribution in [0.2, 0.25) is 0 Å². The molecule has 2 aromatic rings. The van der Waals surface area contributed by atoms with Crippen molar-refractivity contribution in [1.29, 1.82) is 0 Å². The molecular formula is C18H18F3N3O. The molecule has 7 heteroatoms. The molecule has 0 radical (unpaired) electrons. The quantitative estimate of drug-likeness (QED) is 0.919. The molecule has 1 heterocycles. The Morgan fingerprint density at radius 2 is 2.04 bits per heavy atom. The van der Waals surface area contributed by atoms with Crippen molar-refractivity contribution in [1.82, 2.24) is 15.3 Å². The molecule has 1 aliphatic carbocycles. The lowest BCUT2D eigenvalue weighted by Crippen LogP contribution is -2.26. The Bertz CT molecular complexity index is 789. The van der Waals surface area contributed by atoms with Gasteiger partial charge in [-0.15, -0.1) is 0 Å². The fourth-order valence-corrected chi connectivity index (χ4v) is 3.19. The predicted molar refractivity (Wildman–Crippen MR) is 85.7 cm³/mol. The lowest BCUT2D eigenvalue weighted by atomic mass is 9.97. The third kappa shape index (κ3) is 4.15. The van der Waals surface area contributed by atoms with Crippen molar-refractivity contribution in [2.75, 3.05) is 0 Å². The Balaban J connectivity index is 1.61. The monoisotopic (exact) mass is 349 g/mol. The summed E-state index contributed by atoms with van der Waals surface area (Å²) in [6, 6.07) is 8.91. The van der Waals surface area contributed by atoms with Crippen LogP contribution in [0.1, 0.15) is 47.1 Å². The summed E-state index contributed by atoms with van der Waals surface area (Å²) in [4.78, 5) is 19.6. The first-order chi connectivity index (χ1) is 11.8. The molecule has 0 aliphatic heterocycles. The average molecular weight is 349 g/mol. The summed E-state index contributed by atoms with van der Waals surface area (Å²) in [6.45, 7) is 1.36. The van der Waals surface area contributed by atoms with Crippen LogP contribution in [0.4, 0.5) is 13.2 Å². The molecule has 25 heavy (non-hydrogen) atoms. The summed E-state index contributed by atoms with van der Waals surface area (Å²) >= 11 is 0. The molecule has 4 nitrogen and oxygen atoms in total. The Kier molecular flexibility index (Phi) is 4.74. The standard InChI is InChI=1S/C18H18F3N3O/c1-11-8-15(18(19,20)21)24-16(23-11)10-22-17(25)9-13-7-6-12-4-2-3-5-14(12)13/h2-5,8,13H,6-7,9-10H2,1H3,(H,22,25). The first kappa shape index (κ1) is 17.4. The number of hydrogen-bond acceptors (Lipinski definition) is 3. The van der Waals surface area contributed by atoms with E-state index in [9.17, 15) is 18.0 Å². The van der Waals surface area contributed by atoms with E-state index < -0.39 is 11.9 Å². The molecule has 0 saturated carbocycles. The number of aromatic nitrogens is 2. The molecule has 0 fully saturated rings. The normalized spacial score (nSPS) is 16.6. The fraction of sp³-hybridized carbons (Fsp3) is 0.389. The van der Waals surface area contributed by atoms with Crippen molar-refractivity contribution in [2.45, 2.75) is 44.8 Å². The van der Waals surface area contributed by atoms with Crippen molar-refractivity contribution in [3.8, 4) is 0 Å². The number of rotatable bonds is 4. The highest BCUT2D eigenvalue weighted by Gasteiger charge is 2.33. The molecular weight excluding hydrogens is 331 g/mol. The van der Waals surface area contributed by atoms with Gasteiger partial charge in [0.05, 0.1) is 6.54 Å². The van der Waals surface area contributed by atoms with Crippen LogP contribution >= 0.6 is 0 Å². The van der Waals surface area contributed by atoms with Crippen molar-refractivity contribution in [2.24, 2.45) is 0 Å². The number of halogens is 3. The van der Waals surface area contributed by atoms with Crippen LogP contribution in [0, 0.1) is 6.92 Å². The van der Waals surface area contributed by atoms with E-state index in [-0.39, 0.29) is 29.9 Å². The van der Waals surface area contributed by atoms with Gasteiger partial charge in [0.15, 0.2) is 0 Å². The zero-order valence-corrected chi connectivity index (χ0v) is 13.7. The van der Waals surface area contributed by atoms with E-state index in [4.69, 9.17) is 0 Å². The summed E-state index contributed by atoms with van der Waals surface area (Å²) in [6.07, 6.45) is -2.36. The van der Waals surface area contributed by atoms with Crippen LogP contribution in [0.25, 0.3) is 0 Å². The summed E-state index contributed by atoms with van der Waals surface area (Å²) < 4.78 is 38.3. The zero-order chi connectivity index (χ0) is 18.0. The number of carbonyl (C=O) groups excluding carboxylic acids is 1. The topological polar surface area (TPSA) is 54.9 Å². The second kappa shape index (κ2) is 6.82. The van der Waals surface area contributed by atoms with Crippen LogP contribution in [-0.2, 0) is 23.9 Å². The van der Waals surface area contributed by atoms with Crippen molar-refractivity contribution >= 4 is 5.91 Å². The summed E-state index contributed by atoms with van der Waals surface area (Å²) in [7, 11) is 0. The van der Waals surface area contributed by atoms with E-state index in [0.29, 0.717) is 6.42 Å². The Hall–Kier alpha value is -2.44. The van der Waals surface area contributed by atoms with Crippen molar-refractivity contribution < 1.29 is 18.0 Å². The predicted octanol–water partition coefficient (Wildman–Crippen LogP) is 3.54. The molecule has 1 unspecified atom stereocenters. The maximum absolute atomic E-state index is 12.8. The number of hydrogen-bond donors (Lipinski definition) is 1. The van der Waals surface area contributed by atoms with E-state index in [0.717, 1.165) is 18.9 Å². The van der Waals surface area contributed by atoms with E-state index in [1.807, 2.05) is 18.2 Å². The highest BCUT2D eigenvalue weighted by Crippen LogP contribution is 2.35. The molecule has 0 saturated heterocycles. The van der Waals surface area contributed by atoms with Gasteiger partial charge in [-0.05, 0) is 42.9 Å². The smallest absolute Gasteiger partial charge is 0.349 e. The lowest BCUT2D eigenvalue weighted by Gasteiger charge is -2.12. The molecule has 1 atom stereocenters. The number of nitrogens with zero attached hydrogens (tertiary/aromatic N) is 2. The van der Waals surface area contributed by atoms with Gasteiger partial charge in [-0.2, -0.15) is 13.2 Å². The molecule has 1 N–H and O–H groups in total. The minimum Gasteiger partial charge on any atom is -0.349 e. The highest BCUT2D eigenvalue weighted by molar-refractivity contribution is 5.77. The van der Waals surface area contributed by atoms with Gasteiger partial charge in [-0.3, -0.25) is 4.79 Å². The number of alkyl halides is 3. The Morgan fingerprint density at radius 1 is 1.28 bits per heavy atom. The molecule has 3 rings (SSSR count). The summed E-state index contributed by atoms with van der Waals surface area (Å²) in [5, 5.41) is 2.63. The molecule has 1 aromatic heterocycles. The van der Waals surface area contributed by atoms with Crippen LogP contribution < -0.4 is 5.32 Å². The average Bonchev–Trinajstić information content (AvgIpc) is 2.95. The molecule has 1 aromatic carbocycles. The number of fused-ring (bicyclic) bond motifs is 1. The minimum absolute atomic E-state index is 0.0347. The highest BCUT2D eigenvalue weighted by atomic mass is 19.4. The number of amides is 1. The minimum atomic E-state index is -4.53. The van der Waals surface area contributed by atoms with E-state index >= 15 is 0 Å². The number of carbonyl (C=O) groups is 1. The zero-order valence-electron chi connectivity index (χ0n) is 13.7. The number of aryl methyl sites for hydroxylation is 2. The van der Waals surface area contributed by atoms with Crippen LogP contribution in [0.3, 0.4) is 0 Å². The van der Waals surface area contributed by atoms with Crippen molar-refractivity contribution in [3.63, 3.8) is 0 Å². The molecule has 0 bridgehead atoms. The van der Waals surface area contributed by atoms with Crippen LogP contribution in [0.15, 0.2) is 30.3 Å². The van der Waals surface area contributed by atoms with Gasteiger partial charge < -0.3 is 5.32 Å². The van der Waals surface area contributed by atoms with Gasteiger partial charge >= 0.3 is 6.18 Å². The van der Waals surface area contributed by atoms with Gasteiger partial charge in [-0.1, -0.05) is 24.3 Å². The summed E-state index contributed by atoms with van der Waals surface area (Å²) in [5.74, 6) is -0.0896. The number of benzene rings is 1. The first-order valence-corrected chi connectivity index (χ1v) is 8.09. The van der Waals surface area contributed by atoms with E-state index in [1.165, 1.54) is 18.1 Å². The van der Waals surface area contributed by atoms with E-state index in [2.05, 4.69) is 21.4 Å².